The monoisotopic (exact) mass is 542 g/mol. The van der Waals surface area contributed by atoms with Gasteiger partial charge < -0.3 is 24.7 Å². The summed E-state index contributed by atoms with van der Waals surface area (Å²) < 4.78 is 38.3. The molecule has 1 aromatic carbocycles. The lowest BCUT2D eigenvalue weighted by molar-refractivity contribution is 0.262. The minimum atomic E-state index is -0.937. The molecule has 1 aliphatic rings. The lowest BCUT2D eigenvalue weighted by Crippen LogP contribution is -2.48. The number of hydrogen-bond acceptors (Lipinski definition) is 10. The molecule has 202 valence electrons. The van der Waals surface area contributed by atoms with Crippen molar-refractivity contribution >= 4 is 34.0 Å². The minimum absolute atomic E-state index is 0.252. The average Bonchev–Trinajstić information content (AvgIpc) is 3.58. The number of benzene rings is 1. The lowest BCUT2D eigenvalue weighted by Gasteiger charge is -2.36. The van der Waals surface area contributed by atoms with Crippen LogP contribution < -0.4 is 20.3 Å². The van der Waals surface area contributed by atoms with Crippen LogP contribution in [-0.4, -0.2) is 93.6 Å². The third kappa shape index (κ3) is 5.89. The van der Waals surface area contributed by atoms with Crippen LogP contribution in [0.15, 0.2) is 47.1 Å². The van der Waals surface area contributed by atoms with Gasteiger partial charge in [0.05, 0.1) is 24.3 Å². The molecule has 0 amide bonds. The highest BCUT2D eigenvalue weighted by molar-refractivity contribution is 7.84. The molecule has 1 saturated heterocycles. The minimum Gasteiger partial charge on any atom is -0.493 e. The molecular weight excluding hydrogens is 511 g/mol. The van der Waals surface area contributed by atoms with Crippen molar-refractivity contribution < 1.29 is 17.8 Å². The van der Waals surface area contributed by atoms with Crippen LogP contribution in [0.25, 0.3) is 17.1 Å². The Labute approximate surface area is 222 Å². The van der Waals surface area contributed by atoms with Gasteiger partial charge in [-0.05, 0) is 24.3 Å². The molecule has 4 heterocycles. The summed E-state index contributed by atoms with van der Waals surface area (Å²) in [6.45, 7) is 4.87. The van der Waals surface area contributed by atoms with Crippen LogP contribution >= 0.6 is 0 Å². The number of ether oxygens (including phenoxy) is 1. The Kier molecular flexibility index (Phi) is 7.74. The number of anilines is 3. The quantitative estimate of drug-likeness (QED) is 0.319. The first-order valence-corrected chi connectivity index (χ1v) is 14.1. The maximum atomic E-state index is 14.7. The number of likely N-dealkylation sites (N-methyl/N-ethyl adjacent to an activating group) is 1. The van der Waals surface area contributed by atoms with Crippen LogP contribution in [-0.2, 0) is 10.8 Å². The Hall–Kier alpha value is -3.71. The van der Waals surface area contributed by atoms with Crippen LogP contribution in [0.4, 0.5) is 22.0 Å². The highest BCUT2D eigenvalue weighted by atomic mass is 32.2. The molecule has 5 rings (SSSR count). The SMILES string of the molecule is CN(CCN1CCN(c2ccc(OCCS(C)=O)cc2F)CC1)c1nc(N)n2nc(-c3ccco3)cc2n1. The number of hydrogen-bond donors (Lipinski definition) is 1. The Morgan fingerprint density at radius 1 is 1.18 bits per heavy atom. The second-order valence-electron chi connectivity index (χ2n) is 9.15. The molecule has 0 aliphatic carbocycles. The summed E-state index contributed by atoms with van der Waals surface area (Å²) in [6.07, 6.45) is 3.21. The molecule has 0 spiro atoms. The molecule has 0 radical (unpaired) electrons. The number of piperazine rings is 1. The molecule has 4 aromatic rings. The van der Waals surface area contributed by atoms with Crippen molar-refractivity contribution in [1.82, 2.24) is 24.5 Å². The molecule has 1 unspecified atom stereocenters. The molecular formula is C25H31FN8O3S. The third-order valence-electron chi connectivity index (χ3n) is 6.47. The normalized spacial score (nSPS) is 15.2. The number of rotatable bonds is 10. The highest BCUT2D eigenvalue weighted by Gasteiger charge is 2.21. The first-order valence-electron chi connectivity index (χ1n) is 12.4. The highest BCUT2D eigenvalue weighted by Crippen LogP contribution is 2.25. The summed E-state index contributed by atoms with van der Waals surface area (Å²) in [5, 5.41) is 4.43. The summed E-state index contributed by atoms with van der Waals surface area (Å²) in [4.78, 5) is 15.4. The summed E-state index contributed by atoms with van der Waals surface area (Å²) >= 11 is 0. The van der Waals surface area contributed by atoms with Crippen molar-refractivity contribution in [3.05, 3.63) is 48.5 Å². The van der Waals surface area contributed by atoms with Crippen molar-refractivity contribution in [2.45, 2.75) is 0 Å². The van der Waals surface area contributed by atoms with Gasteiger partial charge in [0.1, 0.15) is 17.3 Å². The maximum absolute atomic E-state index is 14.7. The van der Waals surface area contributed by atoms with E-state index in [9.17, 15) is 8.60 Å². The topological polar surface area (TPSA) is 118 Å². The zero-order valence-corrected chi connectivity index (χ0v) is 22.2. The zero-order chi connectivity index (χ0) is 26.6. The number of nitrogens with zero attached hydrogens (tertiary/aromatic N) is 7. The van der Waals surface area contributed by atoms with Gasteiger partial charge >= 0.3 is 0 Å². The Morgan fingerprint density at radius 3 is 2.71 bits per heavy atom. The largest absolute Gasteiger partial charge is 0.493 e. The second-order valence-corrected chi connectivity index (χ2v) is 10.7. The predicted molar refractivity (Wildman–Crippen MR) is 146 cm³/mol. The summed E-state index contributed by atoms with van der Waals surface area (Å²) in [5.41, 5.74) is 7.96. The maximum Gasteiger partial charge on any atom is 0.230 e. The predicted octanol–water partition coefficient (Wildman–Crippen LogP) is 2.12. The molecule has 0 bridgehead atoms. The fourth-order valence-corrected chi connectivity index (χ4v) is 4.64. The summed E-state index contributed by atoms with van der Waals surface area (Å²) in [6, 6.07) is 10.4. The molecule has 2 N–H and O–H groups in total. The van der Waals surface area contributed by atoms with E-state index in [0.29, 0.717) is 53.4 Å². The number of nitrogens with two attached hydrogens (primary N) is 1. The number of furan rings is 1. The molecule has 0 saturated carbocycles. The third-order valence-corrected chi connectivity index (χ3v) is 7.22. The van der Waals surface area contributed by atoms with Crippen LogP contribution in [0.3, 0.4) is 0 Å². The Morgan fingerprint density at radius 2 is 2.00 bits per heavy atom. The first kappa shape index (κ1) is 25.9. The van der Waals surface area contributed by atoms with E-state index < -0.39 is 10.8 Å². The number of halogens is 1. The van der Waals surface area contributed by atoms with E-state index in [4.69, 9.17) is 14.9 Å². The van der Waals surface area contributed by atoms with Gasteiger partial charge in [-0.15, -0.1) is 0 Å². The molecule has 38 heavy (non-hydrogen) atoms. The van der Waals surface area contributed by atoms with E-state index in [0.717, 1.165) is 32.7 Å². The van der Waals surface area contributed by atoms with Gasteiger partial charge in [-0.1, -0.05) is 0 Å². The van der Waals surface area contributed by atoms with Crippen molar-refractivity contribution in [3.8, 4) is 17.2 Å². The van der Waals surface area contributed by atoms with Gasteiger partial charge in [0.15, 0.2) is 11.4 Å². The number of fused-ring (bicyclic) bond motifs is 1. The van der Waals surface area contributed by atoms with Gasteiger partial charge in [-0.2, -0.15) is 19.6 Å². The number of aromatic nitrogens is 4. The van der Waals surface area contributed by atoms with Crippen LogP contribution in [0.5, 0.6) is 5.75 Å². The standard InChI is InChI=1S/C25H31FN8O3S/c1-31(25-28-23-17-20(22-4-3-13-37-22)30-34(23)24(27)29-25)7-8-32-9-11-33(12-10-32)21-6-5-18(16-19(21)26)36-14-15-38(2)35/h3-6,13,16-17H,7-12,14-15H2,1-2H3,(H2,27,28,29). The molecule has 1 aliphatic heterocycles. The summed E-state index contributed by atoms with van der Waals surface area (Å²) in [7, 11) is 0.996. The fourth-order valence-electron chi connectivity index (χ4n) is 4.33. The molecule has 13 heteroatoms. The number of nitrogen functional groups attached to an aromatic ring is 1. The van der Waals surface area contributed by atoms with Crippen LogP contribution in [0, 0.1) is 5.82 Å². The fraction of sp³-hybridized carbons (Fsp3) is 0.400. The lowest BCUT2D eigenvalue weighted by atomic mass is 10.2. The van der Waals surface area contributed by atoms with Crippen LogP contribution in [0.1, 0.15) is 0 Å². The molecule has 11 nitrogen and oxygen atoms in total. The van der Waals surface area contributed by atoms with Gasteiger partial charge in [-0.25, -0.2) is 4.39 Å². The first-order chi connectivity index (χ1) is 18.4. The van der Waals surface area contributed by atoms with Gasteiger partial charge in [0, 0.05) is 75.5 Å². The Balaban J connectivity index is 1.14. The zero-order valence-electron chi connectivity index (χ0n) is 21.4. The van der Waals surface area contributed by atoms with E-state index in [-0.39, 0.29) is 11.8 Å². The van der Waals surface area contributed by atoms with E-state index in [1.165, 1.54) is 10.6 Å². The van der Waals surface area contributed by atoms with Gasteiger partial charge in [0.25, 0.3) is 0 Å². The van der Waals surface area contributed by atoms with E-state index in [1.54, 1.807) is 30.7 Å². The van der Waals surface area contributed by atoms with Crippen molar-refractivity contribution in [1.29, 1.82) is 0 Å². The van der Waals surface area contributed by atoms with Crippen LogP contribution in [0.2, 0.25) is 0 Å². The van der Waals surface area contributed by atoms with Crippen molar-refractivity contribution in [3.63, 3.8) is 0 Å². The molecule has 3 aromatic heterocycles. The summed E-state index contributed by atoms with van der Waals surface area (Å²) in [5.74, 6) is 1.97. The van der Waals surface area contributed by atoms with E-state index in [2.05, 4.69) is 24.9 Å². The molecule has 1 atom stereocenters. The Bertz CT molecular complexity index is 1410. The second kappa shape index (κ2) is 11.4. The smallest absolute Gasteiger partial charge is 0.230 e. The van der Waals surface area contributed by atoms with Gasteiger partial charge in [-0.3, -0.25) is 9.11 Å². The van der Waals surface area contributed by atoms with Crippen molar-refractivity contribution in [2.24, 2.45) is 0 Å². The average molecular weight is 543 g/mol. The van der Waals surface area contributed by atoms with E-state index in [1.807, 2.05) is 24.1 Å². The molecule has 1 fully saturated rings. The van der Waals surface area contributed by atoms with Gasteiger partial charge in [0.2, 0.25) is 11.9 Å². The van der Waals surface area contributed by atoms with Crippen molar-refractivity contribution in [2.75, 3.05) is 80.5 Å². The van der Waals surface area contributed by atoms with E-state index >= 15 is 0 Å².